The van der Waals surface area contributed by atoms with Gasteiger partial charge >= 0.3 is 0 Å². The summed E-state index contributed by atoms with van der Waals surface area (Å²) in [6.45, 7) is 2.74. The number of hydrogen-bond acceptors (Lipinski definition) is 4. The number of hydrogen-bond donors (Lipinski definition) is 1. The number of aromatic amines is 1. The van der Waals surface area contributed by atoms with Crippen molar-refractivity contribution in [2.45, 2.75) is 44.7 Å². The summed E-state index contributed by atoms with van der Waals surface area (Å²) in [5.74, 6) is 4.43. The summed E-state index contributed by atoms with van der Waals surface area (Å²) in [4.78, 5) is 18.5. The Labute approximate surface area is 169 Å². The molecule has 1 N–H and O–H groups in total. The molecule has 0 saturated heterocycles. The number of carbonyl (C=O) groups excluding carboxylic acids is 1. The number of ether oxygens (including phenoxy) is 2. The number of H-pyrrole nitrogens is 1. The largest absolute Gasteiger partial charge is 0.493 e. The summed E-state index contributed by atoms with van der Waals surface area (Å²) in [5.41, 5.74) is 1.41. The van der Waals surface area contributed by atoms with Crippen molar-refractivity contribution in [3.63, 3.8) is 0 Å². The first kappa shape index (κ1) is 18.2. The van der Waals surface area contributed by atoms with E-state index in [1.165, 1.54) is 6.42 Å². The van der Waals surface area contributed by atoms with Crippen LogP contribution >= 0.6 is 0 Å². The normalized spacial score (nSPS) is 20.7. The number of nitrogens with zero attached hydrogens (tertiary/aromatic N) is 1. The van der Waals surface area contributed by atoms with Crippen molar-refractivity contribution in [2.24, 2.45) is 5.92 Å². The van der Waals surface area contributed by atoms with Gasteiger partial charge < -0.3 is 23.8 Å². The average molecular weight is 394 g/mol. The van der Waals surface area contributed by atoms with Gasteiger partial charge in [0.25, 0.3) is 5.91 Å². The molecule has 2 fully saturated rings. The molecule has 0 bridgehead atoms. The summed E-state index contributed by atoms with van der Waals surface area (Å²) in [5, 5.41) is 0.842. The van der Waals surface area contributed by atoms with Gasteiger partial charge in [-0.3, -0.25) is 4.79 Å². The highest BCUT2D eigenvalue weighted by molar-refractivity contribution is 6.00. The Kier molecular flexibility index (Phi) is 4.30. The van der Waals surface area contributed by atoms with Crippen LogP contribution in [0.4, 0.5) is 0 Å². The molecular weight excluding hydrogens is 368 g/mol. The van der Waals surface area contributed by atoms with Crippen molar-refractivity contribution in [1.82, 2.24) is 9.88 Å². The van der Waals surface area contributed by atoms with E-state index in [-0.39, 0.29) is 11.9 Å². The summed E-state index contributed by atoms with van der Waals surface area (Å²) >= 11 is 0. The lowest BCUT2D eigenvalue weighted by Gasteiger charge is -2.20. The highest BCUT2D eigenvalue weighted by Crippen LogP contribution is 2.47. The molecule has 0 aliphatic heterocycles. The second-order valence-corrected chi connectivity index (χ2v) is 8.23. The van der Waals surface area contributed by atoms with E-state index in [1.54, 1.807) is 14.2 Å². The van der Waals surface area contributed by atoms with Gasteiger partial charge in [-0.2, -0.15) is 0 Å². The molecule has 1 aromatic carbocycles. The van der Waals surface area contributed by atoms with Crippen molar-refractivity contribution in [1.29, 1.82) is 0 Å². The minimum atomic E-state index is -0.0116. The van der Waals surface area contributed by atoms with E-state index < -0.39 is 0 Å². The molecular formula is C23H26N2O4. The van der Waals surface area contributed by atoms with E-state index in [4.69, 9.17) is 13.9 Å². The van der Waals surface area contributed by atoms with Gasteiger partial charge in [-0.05, 0) is 55.5 Å². The van der Waals surface area contributed by atoms with Crippen molar-refractivity contribution in [3.8, 4) is 11.5 Å². The van der Waals surface area contributed by atoms with Crippen molar-refractivity contribution in [3.05, 3.63) is 47.5 Å². The minimum Gasteiger partial charge on any atom is -0.493 e. The number of aromatic nitrogens is 1. The van der Waals surface area contributed by atoms with E-state index in [0.717, 1.165) is 35.3 Å². The molecule has 152 valence electrons. The van der Waals surface area contributed by atoms with Crippen LogP contribution in [-0.4, -0.2) is 36.1 Å². The third-order valence-electron chi connectivity index (χ3n) is 6.10. The van der Waals surface area contributed by atoms with Crippen molar-refractivity contribution in [2.75, 3.05) is 14.2 Å². The molecule has 0 spiro atoms. The van der Waals surface area contributed by atoms with Crippen molar-refractivity contribution >= 4 is 16.8 Å². The van der Waals surface area contributed by atoms with Crippen LogP contribution in [-0.2, 0) is 6.54 Å². The van der Waals surface area contributed by atoms with Gasteiger partial charge in [0.1, 0.15) is 17.2 Å². The lowest BCUT2D eigenvalue weighted by Crippen LogP contribution is -2.32. The van der Waals surface area contributed by atoms with Crippen LogP contribution < -0.4 is 9.47 Å². The Balaban J connectivity index is 1.42. The number of fused-ring (bicyclic) bond motifs is 1. The zero-order valence-electron chi connectivity index (χ0n) is 17.0. The molecule has 5 rings (SSSR count). The fraction of sp³-hybridized carbons (Fsp3) is 0.435. The van der Waals surface area contributed by atoms with E-state index >= 15 is 0 Å². The van der Waals surface area contributed by atoms with E-state index in [9.17, 15) is 4.79 Å². The van der Waals surface area contributed by atoms with Gasteiger partial charge in [0.2, 0.25) is 0 Å². The standard InChI is InChI=1S/C23H26N2O4/c1-13-10-16(13)20-8-6-15(29-20)12-25(14-4-5-14)23(26)19-11-17-18(24-19)7-9-21(27-2)22(17)28-3/h6-9,11,13-14,16,24H,4-5,10,12H2,1-3H3/t13-,16+/m0/s1. The Morgan fingerprint density at radius 3 is 2.66 bits per heavy atom. The molecule has 2 aliphatic carbocycles. The van der Waals surface area contributed by atoms with Crippen LogP contribution in [0.2, 0.25) is 0 Å². The van der Waals surface area contributed by atoms with Crippen LogP contribution in [0, 0.1) is 5.92 Å². The SMILES string of the molecule is COc1ccc2[nH]c(C(=O)N(Cc3ccc([C@@H]4C[C@@H]4C)o3)C3CC3)cc2c1OC. The molecule has 2 saturated carbocycles. The highest BCUT2D eigenvalue weighted by Gasteiger charge is 2.38. The molecule has 1 amide bonds. The van der Waals surface area contributed by atoms with E-state index in [0.29, 0.717) is 35.6 Å². The Hall–Kier alpha value is -2.89. The maximum Gasteiger partial charge on any atom is 0.270 e. The molecule has 2 heterocycles. The maximum atomic E-state index is 13.3. The molecule has 6 heteroatoms. The fourth-order valence-corrected chi connectivity index (χ4v) is 4.12. The molecule has 2 aliphatic rings. The van der Waals surface area contributed by atoms with E-state index in [1.807, 2.05) is 29.2 Å². The predicted octanol–water partition coefficient (Wildman–Crippen LogP) is 4.71. The van der Waals surface area contributed by atoms with Crippen molar-refractivity contribution < 1.29 is 18.7 Å². The number of nitrogens with one attached hydrogen (secondary N) is 1. The summed E-state index contributed by atoms with van der Waals surface area (Å²) in [6.07, 6.45) is 3.27. The zero-order valence-corrected chi connectivity index (χ0v) is 17.0. The fourth-order valence-electron chi connectivity index (χ4n) is 4.12. The van der Waals surface area contributed by atoms with Gasteiger partial charge in [0.05, 0.1) is 26.3 Å². The van der Waals surface area contributed by atoms with Crippen LogP contribution in [0.25, 0.3) is 10.9 Å². The second-order valence-electron chi connectivity index (χ2n) is 8.23. The third kappa shape index (κ3) is 3.26. The van der Waals surface area contributed by atoms with Crippen LogP contribution in [0.5, 0.6) is 11.5 Å². The molecule has 0 unspecified atom stereocenters. The summed E-state index contributed by atoms with van der Waals surface area (Å²) < 4.78 is 16.9. The summed E-state index contributed by atoms with van der Waals surface area (Å²) in [6, 6.07) is 9.96. The van der Waals surface area contributed by atoms with E-state index in [2.05, 4.69) is 18.0 Å². The van der Waals surface area contributed by atoms with Crippen LogP contribution in [0.15, 0.2) is 34.7 Å². The maximum absolute atomic E-state index is 13.3. The van der Waals surface area contributed by atoms with Gasteiger partial charge in [-0.15, -0.1) is 0 Å². The Morgan fingerprint density at radius 1 is 1.21 bits per heavy atom. The lowest BCUT2D eigenvalue weighted by molar-refractivity contribution is 0.0711. The Bertz CT molecular complexity index is 1060. The molecule has 3 aromatic rings. The molecule has 6 nitrogen and oxygen atoms in total. The van der Waals surface area contributed by atoms with Crippen LogP contribution in [0.1, 0.15) is 54.1 Å². The smallest absolute Gasteiger partial charge is 0.270 e. The number of amides is 1. The first-order valence-electron chi connectivity index (χ1n) is 10.2. The first-order valence-corrected chi connectivity index (χ1v) is 10.2. The average Bonchev–Trinajstić information content (AvgIpc) is 3.61. The third-order valence-corrected chi connectivity index (χ3v) is 6.10. The molecule has 2 atom stereocenters. The van der Waals surface area contributed by atoms with Gasteiger partial charge in [0, 0.05) is 17.3 Å². The van der Waals surface area contributed by atoms with Crippen LogP contribution in [0.3, 0.4) is 0 Å². The second kappa shape index (κ2) is 6.87. The molecule has 29 heavy (non-hydrogen) atoms. The Morgan fingerprint density at radius 2 is 2.00 bits per heavy atom. The number of benzene rings is 1. The lowest BCUT2D eigenvalue weighted by atomic mass is 10.2. The number of carbonyl (C=O) groups is 1. The van der Waals surface area contributed by atoms with Gasteiger partial charge in [-0.1, -0.05) is 6.92 Å². The predicted molar refractivity (Wildman–Crippen MR) is 110 cm³/mol. The highest BCUT2D eigenvalue weighted by atomic mass is 16.5. The quantitative estimate of drug-likeness (QED) is 0.630. The first-order chi connectivity index (χ1) is 14.1. The van der Waals surface area contributed by atoms with Gasteiger partial charge in [0.15, 0.2) is 11.5 Å². The molecule has 0 radical (unpaired) electrons. The monoisotopic (exact) mass is 394 g/mol. The van der Waals surface area contributed by atoms with Gasteiger partial charge in [-0.25, -0.2) is 0 Å². The molecule has 2 aromatic heterocycles. The number of methoxy groups -OCH3 is 2. The zero-order chi connectivity index (χ0) is 20.1. The minimum absolute atomic E-state index is 0.0116. The number of furan rings is 1. The summed E-state index contributed by atoms with van der Waals surface area (Å²) in [7, 11) is 3.22. The number of rotatable bonds is 7. The topological polar surface area (TPSA) is 67.7 Å².